The van der Waals surface area contributed by atoms with Gasteiger partial charge in [-0.15, -0.1) is 13.2 Å². The van der Waals surface area contributed by atoms with Crippen LogP contribution in [0, 0.1) is 5.82 Å². The lowest BCUT2D eigenvalue weighted by Crippen LogP contribution is -2.27. The number of rotatable bonds is 8. The molecule has 98 valence electrons. The first kappa shape index (κ1) is 14.6. The molecular formula is C15H21FN2. The van der Waals surface area contributed by atoms with E-state index < -0.39 is 0 Å². The summed E-state index contributed by atoms with van der Waals surface area (Å²) in [5.41, 5.74) is 7.05. The van der Waals surface area contributed by atoms with Gasteiger partial charge in [-0.2, -0.15) is 0 Å². The highest BCUT2D eigenvalue weighted by Crippen LogP contribution is 2.15. The molecule has 0 bridgehead atoms. The number of nitrogens with zero attached hydrogens (tertiary/aromatic N) is 1. The van der Waals surface area contributed by atoms with E-state index in [1.54, 1.807) is 12.1 Å². The molecule has 0 heterocycles. The summed E-state index contributed by atoms with van der Waals surface area (Å²) in [5, 5.41) is 0. The smallest absolute Gasteiger partial charge is 0.123 e. The minimum atomic E-state index is -0.231. The second-order valence-corrected chi connectivity index (χ2v) is 4.28. The van der Waals surface area contributed by atoms with Crippen LogP contribution in [0.5, 0.6) is 0 Å². The zero-order valence-electron chi connectivity index (χ0n) is 10.7. The lowest BCUT2D eigenvalue weighted by molar-refractivity contribution is 0.319. The molecule has 1 atom stereocenters. The Labute approximate surface area is 109 Å². The van der Waals surface area contributed by atoms with Gasteiger partial charge < -0.3 is 5.73 Å². The largest absolute Gasteiger partial charge is 0.324 e. The predicted octanol–water partition coefficient (Wildman–Crippen LogP) is 2.89. The van der Waals surface area contributed by atoms with E-state index in [0.717, 1.165) is 31.6 Å². The molecule has 0 saturated heterocycles. The van der Waals surface area contributed by atoms with Crippen LogP contribution < -0.4 is 5.73 Å². The third-order valence-corrected chi connectivity index (χ3v) is 2.83. The summed E-state index contributed by atoms with van der Waals surface area (Å²) >= 11 is 0. The van der Waals surface area contributed by atoms with Crippen LogP contribution in [0.1, 0.15) is 18.0 Å². The first-order chi connectivity index (χ1) is 8.67. The van der Waals surface area contributed by atoms with Gasteiger partial charge >= 0.3 is 0 Å². The Morgan fingerprint density at radius 2 is 1.72 bits per heavy atom. The highest BCUT2D eigenvalue weighted by molar-refractivity contribution is 5.19. The number of hydrogen-bond acceptors (Lipinski definition) is 2. The molecule has 0 aliphatic carbocycles. The average molecular weight is 248 g/mol. The fourth-order valence-electron chi connectivity index (χ4n) is 1.82. The van der Waals surface area contributed by atoms with Crippen molar-refractivity contribution in [3.05, 3.63) is 61.0 Å². The van der Waals surface area contributed by atoms with Gasteiger partial charge in [0.2, 0.25) is 0 Å². The first-order valence-electron chi connectivity index (χ1n) is 6.12. The van der Waals surface area contributed by atoms with Gasteiger partial charge in [0.25, 0.3) is 0 Å². The van der Waals surface area contributed by atoms with Gasteiger partial charge in [0.05, 0.1) is 0 Å². The molecule has 0 aliphatic heterocycles. The van der Waals surface area contributed by atoms with Crippen molar-refractivity contribution in [2.45, 2.75) is 12.5 Å². The van der Waals surface area contributed by atoms with E-state index in [0.29, 0.717) is 0 Å². The summed E-state index contributed by atoms with van der Waals surface area (Å²) in [7, 11) is 0. The van der Waals surface area contributed by atoms with Gasteiger partial charge in [0, 0.05) is 25.7 Å². The summed E-state index contributed by atoms with van der Waals surface area (Å²) in [5.74, 6) is -0.231. The third kappa shape index (κ3) is 4.82. The van der Waals surface area contributed by atoms with Crippen molar-refractivity contribution in [2.75, 3.05) is 19.6 Å². The van der Waals surface area contributed by atoms with Crippen LogP contribution in [-0.2, 0) is 0 Å². The molecule has 2 N–H and O–H groups in total. The van der Waals surface area contributed by atoms with E-state index in [2.05, 4.69) is 18.1 Å². The second kappa shape index (κ2) is 7.80. The SMILES string of the molecule is C=CCN(CC=C)CCC(N)c1ccc(F)cc1. The van der Waals surface area contributed by atoms with Crippen LogP contribution in [-0.4, -0.2) is 24.5 Å². The molecule has 0 saturated carbocycles. The van der Waals surface area contributed by atoms with Crippen molar-refractivity contribution in [2.24, 2.45) is 5.73 Å². The van der Waals surface area contributed by atoms with Gasteiger partial charge in [0.1, 0.15) is 5.82 Å². The summed E-state index contributed by atoms with van der Waals surface area (Å²) in [4.78, 5) is 2.21. The van der Waals surface area contributed by atoms with Crippen LogP contribution in [0.15, 0.2) is 49.6 Å². The van der Waals surface area contributed by atoms with Crippen LogP contribution in [0.2, 0.25) is 0 Å². The van der Waals surface area contributed by atoms with Gasteiger partial charge in [-0.25, -0.2) is 4.39 Å². The molecule has 0 aromatic heterocycles. The Hall–Kier alpha value is -1.45. The Balaban J connectivity index is 2.48. The highest BCUT2D eigenvalue weighted by atomic mass is 19.1. The molecule has 18 heavy (non-hydrogen) atoms. The third-order valence-electron chi connectivity index (χ3n) is 2.83. The Morgan fingerprint density at radius 1 is 1.17 bits per heavy atom. The normalized spacial score (nSPS) is 12.4. The molecular weight excluding hydrogens is 227 g/mol. The summed E-state index contributed by atoms with van der Waals surface area (Å²) in [6.45, 7) is 9.97. The van der Waals surface area contributed by atoms with Gasteiger partial charge in [-0.3, -0.25) is 4.90 Å². The lowest BCUT2D eigenvalue weighted by Gasteiger charge is -2.21. The van der Waals surface area contributed by atoms with E-state index in [9.17, 15) is 4.39 Å². The fraction of sp³-hybridized carbons (Fsp3) is 0.333. The monoisotopic (exact) mass is 248 g/mol. The molecule has 0 amide bonds. The van der Waals surface area contributed by atoms with Crippen molar-refractivity contribution in [3.63, 3.8) is 0 Å². The number of hydrogen-bond donors (Lipinski definition) is 1. The second-order valence-electron chi connectivity index (χ2n) is 4.28. The zero-order chi connectivity index (χ0) is 13.4. The zero-order valence-corrected chi connectivity index (χ0v) is 10.7. The predicted molar refractivity (Wildman–Crippen MR) is 74.8 cm³/mol. The van der Waals surface area contributed by atoms with E-state index >= 15 is 0 Å². The number of halogens is 1. The van der Waals surface area contributed by atoms with Crippen LogP contribution >= 0.6 is 0 Å². The Morgan fingerprint density at radius 3 is 2.22 bits per heavy atom. The molecule has 1 aromatic carbocycles. The molecule has 0 spiro atoms. The minimum Gasteiger partial charge on any atom is -0.324 e. The Bertz CT molecular complexity index is 363. The number of nitrogens with two attached hydrogens (primary N) is 1. The topological polar surface area (TPSA) is 29.3 Å². The maximum atomic E-state index is 12.8. The van der Waals surface area contributed by atoms with Crippen molar-refractivity contribution >= 4 is 0 Å². The van der Waals surface area contributed by atoms with Crippen molar-refractivity contribution in [3.8, 4) is 0 Å². The molecule has 2 nitrogen and oxygen atoms in total. The molecule has 1 rings (SSSR count). The van der Waals surface area contributed by atoms with Crippen LogP contribution in [0.4, 0.5) is 4.39 Å². The highest BCUT2D eigenvalue weighted by Gasteiger charge is 2.08. The minimum absolute atomic E-state index is 0.0669. The molecule has 0 aliphatic rings. The molecule has 1 unspecified atom stereocenters. The fourth-order valence-corrected chi connectivity index (χ4v) is 1.82. The molecule has 0 fully saturated rings. The van der Waals surface area contributed by atoms with E-state index in [4.69, 9.17) is 5.73 Å². The maximum absolute atomic E-state index is 12.8. The van der Waals surface area contributed by atoms with Gasteiger partial charge in [-0.1, -0.05) is 24.3 Å². The summed E-state index contributed by atoms with van der Waals surface area (Å²) < 4.78 is 12.8. The quantitative estimate of drug-likeness (QED) is 0.717. The van der Waals surface area contributed by atoms with Gasteiger partial charge in [-0.05, 0) is 24.1 Å². The molecule has 1 aromatic rings. The van der Waals surface area contributed by atoms with Crippen molar-refractivity contribution in [1.82, 2.24) is 4.90 Å². The first-order valence-corrected chi connectivity index (χ1v) is 6.12. The standard InChI is InChI=1S/C15H21FN2/c1-3-10-18(11-4-2)12-9-15(17)13-5-7-14(16)8-6-13/h3-8,15H,1-2,9-12,17H2. The molecule has 3 heteroatoms. The summed E-state index contributed by atoms with van der Waals surface area (Å²) in [6, 6.07) is 6.31. The van der Waals surface area contributed by atoms with Crippen LogP contribution in [0.3, 0.4) is 0 Å². The average Bonchev–Trinajstić information content (AvgIpc) is 2.37. The molecule has 0 radical (unpaired) electrons. The van der Waals surface area contributed by atoms with Crippen molar-refractivity contribution < 1.29 is 4.39 Å². The van der Waals surface area contributed by atoms with E-state index in [1.165, 1.54) is 12.1 Å². The number of benzene rings is 1. The van der Waals surface area contributed by atoms with Gasteiger partial charge in [0.15, 0.2) is 0 Å². The lowest BCUT2D eigenvalue weighted by atomic mass is 10.0. The van der Waals surface area contributed by atoms with E-state index in [1.807, 2.05) is 12.2 Å². The maximum Gasteiger partial charge on any atom is 0.123 e. The summed E-state index contributed by atoms with van der Waals surface area (Å²) in [6.07, 6.45) is 4.56. The Kier molecular flexibility index (Phi) is 6.33. The van der Waals surface area contributed by atoms with Crippen LogP contribution in [0.25, 0.3) is 0 Å². The van der Waals surface area contributed by atoms with E-state index in [-0.39, 0.29) is 11.9 Å². The van der Waals surface area contributed by atoms with Crippen molar-refractivity contribution in [1.29, 1.82) is 0 Å².